The summed E-state index contributed by atoms with van der Waals surface area (Å²) in [4.78, 5) is 11.9. The minimum Gasteiger partial charge on any atom is -0.345 e. The van der Waals surface area contributed by atoms with Crippen LogP contribution in [0.2, 0.25) is 0 Å². The zero-order chi connectivity index (χ0) is 14.7. The summed E-state index contributed by atoms with van der Waals surface area (Å²) in [5.74, 6) is -2.51. The van der Waals surface area contributed by atoms with Crippen molar-refractivity contribution in [2.45, 2.75) is 13.0 Å². The highest BCUT2D eigenvalue weighted by Gasteiger charge is 2.19. The molecule has 0 bridgehead atoms. The summed E-state index contributed by atoms with van der Waals surface area (Å²) in [6.45, 7) is 1.75. The van der Waals surface area contributed by atoms with E-state index in [1.54, 1.807) is 6.92 Å². The summed E-state index contributed by atoms with van der Waals surface area (Å²) in [5.41, 5.74) is 0.287. The predicted octanol–water partition coefficient (Wildman–Crippen LogP) is 4.22. The van der Waals surface area contributed by atoms with Crippen molar-refractivity contribution in [1.82, 2.24) is 5.32 Å². The summed E-state index contributed by atoms with van der Waals surface area (Å²) in [7, 11) is 0. The fourth-order valence-corrected chi connectivity index (χ4v) is 2.08. The molecule has 0 fully saturated rings. The van der Waals surface area contributed by atoms with Gasteiger partial charge >= 0.3 is 0 Å². The topological polar surface area (TPSA) is 29.1 Å². The Bertz CT molecular complexity index is 608. The third-order valence-electron chi connectivity index (χ3n) is 2.91. The number of nitrogens with one attached hydrogen (secondary N) is 1. The van der Waals surface area contributed by atoms with Crippen LogP contribution >= 0.6 is 15.9 Å². The SMILES string of the molecule is C[C@@H](NC(=O)c1c(F)cccc1F)c1ccc(Br)cc1. The van der Waals surface area contributed by atoms with E-state index >= 15 is 0 Å². The van der Waals surface area contributed by atoms with Crippen LogP contribution in [0.15, 0.2) is 46.9 Å². The number of rotatable bonds is 3. The van der Waals surface area contributed by atoms with E-state index in [2.05, 4.69) is 21.2 Å². The lowest BCUT2D eigenvalue weighted by atomic mass is 10.1. The monoisotopic (exact) mass is 339 g/mol. The highest BCUT2D eigenvalue weighted by Crippen LogP contribution is 2.18. The van der Waals surface area contributed by atoms with Crippen molar-refractivity contribution in [3.8, 4) is 0 Å². The maximum Gasteiger partial charge on any atom is 0.257 e. The largest absolute Gasteiger partial charge is 0.345 e. The molecule has 5 heteroatoms. The van der Waals surface area contributed by atoms with Gasteiger partial charge in [-0.05, 0) is 36.8 Å². The van der Waals surface area contributed by atoms with E-state index < -0.39 is 23.1 Å². The van der Waals surface area contributed by atoms with Gasteiger partial charge in [0.1, 0.15) is 17.2 Å². The van der Waals surface area contributed by atoms with E-state index in [4.69, 9.17) is 0 Å². The molecular weight excluding hydrogens is 328 g/mol. The molecule has 0 aromatic heterocycles. The third kappa shape index (κ3) is 3.22. The Morgan fingerprint density at radius 1 is 1.10 bits per heavy atom. The Labute approximate surface area is 123 Å². The molecule has 1 atom stereocenters. The van der Waals surface area contributed by atoms with Crippen LogP contribution in [-0.4, -0.2) is 5.91 Å². The van der Waals surface area contributed by atoms with Crippen LogP contribution < -0.4 is 5.32 Å². The van der Waals surface area contributed by atoms with Gasteiger partial charge in [-0.2, -0.15) is 0 Å². The molecular formula is C15H12BrF2NO. The quantitative estimate of drug-likeness (QED) is 0.891. The predicted molar refractivity (Wildman–Crippen MR) is 76.4 cm³/mol. The molecule has 2 nitrogen and oxygen atoms in total. The molecule has 0 aliphatic rings. The first-order chi connectivity index (χ1) is 9.49. The number of amides is 1. The van der Waals surface area contributed by atoms with Crippen molar-refractivity contribution in [3.05, 3.63) is 69.7 Å². The normalized spacial score (nSPS) is 12.0. The Morgan fingerprint density at radius 2 is 1.65 bits per heavy atom. The number of hydrogen-bond acceptors (Lipinski definition) is 1. The molecule has 104 valence electrons. The summed E-state index contributed by atoms with van der Waals surface area (Å²) < 4.78 is 27.9. The van der Waals surface area contributed by atoms with Crippen molar-refractivity contribution in [3.63, 3.8) is 0 Å². The van der Waals surface area contributed by atoms with Gasteiger partial charge < -0.3 is 5.32 Å². The zero-order valence-corrected chi connectivity index (χ0v) is 12.2. The average Bonchev–Trinajstić information content (AvgIpc) is 2.39. The van der Waals surface area contributed by atoms with E-state index in [-0.39, 0.29) is 6.04 Å². The lowest BCUT2D eigenvalue weighted by Crippen LogP contribution is -2.28. The van der Waals surface area contributed by atoms with E-state index in [0.29, 0.717) is 0 Å². The van der Waals surface area contributed by atoms with Gasteiger partial charge in [0.15, 0.2) is 0 Å². The molecule has 2 aromatic rings. The standard InChI is InChI=1S/C15H12BrF2NO/c1-9(10-5-7-11(16)8-6-10)19-15(20)14-12(17)3-2-4-13(14)18/h2-9H,1H3,(H,19,20)/t9-/m1/s1. The molecule has 1 N–H and O–H groups in total. The number of carbonyl (C=O) groups excluding carboxylic acids is 1. The van der Waals surface area contributed by atoms with Crippen LogP contribution in [0, 0.1) is 11.6 Å². The van der Waals surface area contributed by atoms with Crippen molar-refractivity contribution in [1.29, 1.82) is 0 Å². The van der Waals surface area contributed by atoms with E-state index in [0.717, 1.165) is 22.2 Å². The third-order valence-corrected chi connectivity index (χ3v) is 3.44. The molecule has 0 radical (unpaired) electrons. The second-order valence-electron chi connectivity index (χ2n) is 4.34. The van der Waals surface area contributed by atoms with Crippen LogP contribution in [-0.2, 0) is 0 Å². The van der Waals surface area contributed by atoms with Crippen molar-refractivity contribution in [2.24, 2.45) is 0 Å². The van der Waals surface area contributed by atoms with Crippen molar-refractivity contribution in [2.75, 3.05) is 0 Å². The molecule has 0 heterocycles. The first-order valence-electron chi connectivity index (χ1n) is 5.99. The van der Waals surface area contributed by atoms with Gasteiger partial charge in [0.05, 0.1) is 6.04 Å². The second kappa shape index (κ2) is 6.13. The van der Waals surface area contributed by atoms with Crippen LogP contribution in [0.4, 0.5) is 8.78 Å². The molecule has 0 spiro atoms. The molecule has 0 aliphatic carbocycles. The van der Waals surface area contributed by atoms with Gasteiger partial charge in [0.2, 0.25) is 0 Å². The highest BCUT2D eigenvalue weighted by molar-refractivity contribution is 9.10. The van der Waals surface area contributed by atoms with Crippen LogP contribution in [0.5, 0.6) is 0 Å². The Morgan fingerprint density at radius 3 is 2.20 bits per heavy atom. The van der Waals surface area contributed by atoms with Gasteiger partial charge in [0.25, 0.3) is 5.91 Å². The minimum atomic E-state index is -0.870. The van der Waals surface area contributed by atoms with Crippen molar-refractivity contribution < 1.29 is 13.6 Å². The second-order valence-corrected chi connectivity index (χ2v) is 5.26. The smallest absolute Gasteiger partial charge is 0.257 e. The molecule has 2 rings (SSSR count). The molecule has 1 amide bonds. The fraction of sp³-hybridized carbons (Fsp3) is 0.133. The number of carbonyl (C=O) groups is 1. The zero-order valence-electron chi connectivity index (χ0n) is 10.7. The van der Waals surface area contributed by atoms with Gasteiger partial charge in [0, 0.05) is 4.47 Å². The van der Waals surface area contributed by atoms with Gasteiger partial charge in [-0.3, -0.25) is 4.79 Å². The van der Waals surface area contributed by atoms with Crippen molar-refractivity contribution >= 4 is 21.8 Å². The van der Waals surface area contributed by atoms with Crippen LogP contribution in [0.1, 0.15) is 28.9 Å². The average molecular weight is 340 g/mol. The van der Waals surface area contributed by atoms with Gasteiger partial charge in [-0.15, -0.1) is 0 Å². The van der Waals surface area contributed by atoms with Crippen LogP contribution in [0.25, 0.3) is 0 Å². The summed E-state index contributed by atoms with van der Waals surface area (Å²) >= 11 is 3.31. The molecule has 20 heavy (non-hydrogen) atoms. The first kappa shape index (κ1) is 14.7. The highest BCUT2D eigenvalue weighted by atomic mass is 79.9. The van der Waals surface area contributed by atoms with E-state index in [9.17, 15) is 13.6 Å². The maximum absolute atomic E-state index is 13.5. The Hall–Kier alpha value is -1.75. The Kier molecular flexibility index (Phi) is 4.49. The molecule has 0 aliphatic heterocycles. The number of hydrogen-bond donors (Lipinski definition) is 1. The number of halogens is 3. The minimum absolute atomic E-state index is 0.352. The lowest BCUT2D eigenvalue weighted by Gasteiger charge is -2.15. The fourth-order valence-electron chi connectivity index (χ4n) is 1.82. The lowest BCUT2D eigenvalue weighted by molar-refractivity contribution is 0.0931. The molecule has 2 aromatic carbocycles. The molecule has 0 saturated carbocycles. The summed E-state index contributed by atoms with van der Waals surface area (Å²) in [6.07, 6.45) is 0. The molecule has 0 unspecified atom stereocenters. The summed E-state index contributed by atoms with van der Waals surface area (Å²) in [5, 5.41) is 2.58. The first-order valence-corrected chi connectivity index (χ1v) is 6.78. The van der Waals surface area contributed by atoms with Gasteiger partial charge in [-0.25, -0.2) is 8.78 Å². The Balaban J connectivity index is 2.17. The van der Waals surface area contributed by atoms with E-state index in [1.165, 1.54) is 6.07 Å². The summed E-state index contributed by atoms with van der Waals surface area (Å²) in [6, 6.07) is 10.3. The van der Waals surface area contributed by atoms with Gasteiger partial charge in [-0.1, -0.05) is 34.1 Å². The van der Waals surface area contributed by atoms with Crippen LogP contribution in [0.3, 0.4) is 0 Å². The maximum atomic E-state index is 13.5. The van der Waals surface area contributed by atoms with E-state index in [1.807, 2.05) is 24.3 Å². The number of benzene rings is 2. The molecule has 0 saturated heterocycles.